The number of rotatable bonds is 2. The second-order valence-electron chi connectivity index (χ2n) is 5.77. The highest BCUT2D eigenvalue weighted by Gasteiger charge is 2.28. The van der Waals surface area contributed by atoms with Crippen molar-refractivity contribution in [2.24, 2.45) is 0 Å². The summed E-state index contributed by atoms with van der Waals surface area (Å²) in [6.45, 7) is 4.45. The van der Waals surface area contributed by atoms with Crippen LogP contribution in [0.4, 0.5) is 0 Å². The lowest BCUT2D eigenvalue weighted by Gasteiger charge is -2.05. The molecule has 0 saturated carbocycles. The fourth-order valence-electron chi connectivity index (χ4n) is 2.64. The van der Waals surface area contributed by atoms with Gasteiger partial charge in [-0.2, -0.15) is 0 Å². The minimum Gasteiger partial charge on any atom is -0.0845 e. The van der Waals surface area contributed by atoms with Gasteiger partial charge in [0.2, 0.25) is 0 Å². The SMILES string of the molecule is CC1=C(c2ccc(Br)cc2)SC(=C2SC(C)=C(c3ccc(Br)cc3)S2)S1. The minimum absolute atomic E-state index is 1.12. The molecule has 0 fully saturated rings. The minimum atomic E-state index is 1.12. The number of benzene rings is 2. The van der Waals surface area contributed by atoms with Crippen molar-refractivity contribution in [2.45, 2.75) is 13.8 Å². The molecule has 0 nitrogen and oxygen atoms in total. The van der Waals surface area contributed by atoms with Crippen LogP contribution in [0.2, 0.25) is 0 Å². The molecule has 132 valence electrons. The molecule has 0 N–H and O–H groups in total. The molecule has 0 amide bonds. The summed E-state index contributed by atoms with van der Waals surface area (Å²) in [6.07, 6.45) is 0. The summed E-state index contributed by atoms with van der Waals surface area (Å²) in [5.41, 5.74) is 2.59. The molecular formula is C20H14Br2S4. The zero-order valence-corrected chi connectivity index (χ0v) is 20.4. The Morgan fingerprint density at radius 2 is 0.885 bits per heavy atom. The van der Waals surface area contributed by atoms with Crippen molar-refractivity contribution in [3.63, 3.8) is 0 Å². The van der Waals surface area contributed by atoms with Crippen molar-refractivity contribution in [3.8, 4) is 0 Å². The molecule has 0 atom stereocenters. The van der Waals surface area contributed by atoms with Gasteiger partial charge < -0.3 is 0 Å². The van der Waals surface area contributed by atoms with Gasteiger partial charge in [-0.1, -0.05) is 103 Å². The van der Waals surface area contributed by atoms with Gasteiger partial charge in [-0.3, -0.25) is 0 Å². The lowest BCUT2D eigenvalue weighted by Crippen LogP contribution is -1.78. The predicted molar refractivity (Wildman–Crippen MR) is 131 cm³/mol. The van der Waals surface area contributed by atoms with Gasteiger partial charge >= 0.3 is 0 Å². The molecule has 2 aliphatic heterocycles. The van der Waals surface area contributed by atoms with Gasteiger partial charge in [0.15, 0.2) is 0 Å². The maximum atomic E-state index is 3.52. The molecule has 26 heavy (non-hydrogen) atoms. The summed E-state index contributed by atoms with van der Waals surface area (Å²) in [5, 5.41) is 0. The lowest BCUT2D eigenvalue weighted by molar-refractivity contribution is 1.59. The van der Waals surface area contributed by atoms with E-state index in [4.69, 9.17) is 0 Å². The Morgan fingerprint density at radius 3 is 1.23 bits per heavy atom. The van der Waals surface area contributed by atoms with Crippen molar-refractivity contribution in [1.82, 2.24) is 0 Å². The van der Waals surface area contributed by atoms with Crippen molar-refractivity contribution in [3.05, 3.63) is 86.9 Å². The number of thioether (sulfide) groups is 4. The Balaban J connectivity index is 1.57. The van der Waals surface area contributed by atoms with E-state index in [9.17, 15) is 0 Å². The van der Waals surface area contributed by atoms with Crippen LogP contribution in [0.15, 0.2) is 75.8 Å². The second-order valence-corrected chi connectivity index (χ2v) is 12.6. The first-order valence-corrected chi connectivity index (χ1v) is 12.8. The number of halogens is 2. The molecule has 2 aromatic carbocycles. The van der Waals surface area contributed by atoms with E-state index in [-0.39, 0.29) is 0 Å². The molecule has 2 heterocycles. The third-order valence-electron chi connectivity index (χ3n) is 3.90. The van der Waals surface area contributed by atoms with Crippen molar-refractivity contribution in [1.29, 1.82) is 0 Å². The summed E-state index contributed by atoms with van der Waals surface area (Å²) in [5.74, 6) is 0. The smallest absolute Gasteiger partial charge is 0.0703 e. The van der Waals surface area contributed by atoms with Crippen LogP contribution >= 0.6 is 78.9 Å². The highest BCUT2D eigenvalue weighted by atomic mass is 79.9. The Morgan fingerprint density at radius 1 is 0.538 bits per heavy atom. The summed E-state index contributed by atoms with van der Waals surface area (Å²) in [7, 11) is 0. The number of allylic oxidation sites excluding steroid dienone is 2. The first-order chi connectivity index (χ1) is 12.5. The Labute approximate surface area is 188 Å². The molecule has 4 rings (SSSR count). The van der Waals surface area contributed by atoms with Crippen LogP contribution in [0.5, 0.6) is 0 Å². The summed E-state index contributed by atoms with van der Waals surface area (Å²) < 4.78 is 5.05. The maximum absolute atomic E-state index is 3.52. The first kappa shape index (κ1) is 19.3. The molecular weight excluding hydrogens is 528 g/mol. The molecule has 2 aliphatic rings. The largest absolute Gasteiger partial charge is 0.0845 e. The molecule has 0 radical (unpaired) electrons. The van der Waals surface area contributed by atoms with Crippen LogP contribution in [0, 0.1) is 0 Å². The van der Waals surface area contributed by atoms with Gasteiger partial charge in [-0.25, -0.2) is 0 Å². The first-order valence-electron chi connectivity index (χ1n) is 7.90. The lowest BCUT2D eigenvalue weighted by atomic mass is 10.2. The van der Waals surface area contributed by atoms with Gasteiger partial charge in [0.05, 0.1) is 8.47 Å². The van der Waals surface area contributed by atoms with Crippen LogP contribution in [0.25, 0.3) is 9.81 Å². The van der Waals surface area contributed by atoms with Crippen LogP contribution in [-0.2, 0) is 0 Å². The van der Waals surface area contributed by atoms with Crippen molar-refractivity contribution >= 4 is 88.7 Å². The second kappa shape index (κ2) is 8.18. The van der Waals surface area contributed by atoms with E-state index < -0.39 is 0 Å². The Hall–Kier alpha value is 0.0200. The van der Waals surface area contributed by atoms with E-state index in [0.717, 1.165) is 8.95 Å². The van der Waals surface area contributed by atoms with Gasteiger partial charge in [0.1, 0.15) is 0 Å². The predicted octanol–water partition coefficient (Wildman–Crippen LogP) is 9.38. The zero-order chi connectivity index (χ0) is 18.3. The van der Waals surface area contributed by atoms with Crippen LogP contribution in [0.3, 0.4) is 0 Å². The van der Waals surface area contributed by atoms with Gasteiger partial charge in [0, 0.05) is 28.6 Å². The van der Waals surface area contributed by atoms with Gasteiger partial charge in [0.25, 0.3) is 0 Å². The maximum Gasteiger partial charge on any atom is 0.0703 e. The summed E-state index contributed by atoms with van der Waals surface area (Å²) in [6, 6.07) is 17.2. The standard InChI is InChI=1S/C20H14Br2S4/c1-11-17(13-3-7-15(21)8-4-13)25-19(23-11)20-24-12(2)18(26-20)14-5-9-16(22)10-6-14/h3-10H,1-2H3. The van der Waals surface area contributed by atoms with Crippen molar-refractivity contribution in [2.75, 3.05) is 0 Å². The van der Waals surface area contributed by atoms with E-state index in [1.54, 1.807) is 0 Å². The zero-order valence-electron chi connectivity index (χ0n) is 14.0. The molecule has 0 unspecified atom stereocenters. The van der Waals surface area contributed by atoms with E-state index in [2.05, 4.69) is 94.2 Å². The summed E-state index contributed by atoms with van der Waals surface area (Å²) in [4.78, 5) is 5.52. The number of hydrogen-bond acceptors (Lipinski definition) is 4. The third kappa shape index (κ3) is 4.06. The van der Waals surface area contributed by atoms with E-state index in [0.29, 0.717) is 0 Å². The molecule has 0 bridgehead atoms. The van der Waals surface area contributed by atoms with Gasteiger partial charge in [-0.05, 0) is 49.2 Å². The highest BCUT2D eigenvalue weighted by molar-refractivity contribution is 9.10. The van der Waals surface area contributed by atoms with E-state index in [1.807, 2.05) is 47.0 Å². The topological polar surface area (TPSA) is 0 Å². The molecule has 0 saturated heterocycles. The van der Waals surface area contributed by atoms with Gasteiger partial charge in [-0.15, -0.1) is 0 Å². The quantitative estimate of drug-likeness (QED) is 0.371. The Kier molecular flexibility index (Phi) is 6.08. The molecule has 0 spiro atoms. The normalized spacial score (nSPS) is 20.5. The highest BCUT2D eigenvalue weighted by Crippen LogP contribution is 2.63. The number of hydrogen-bond donors (Lipinski definition) is 0. The molecule has 0 aliphatic carbocycles. The molecule has 2 aromatic rings. The average Bonchev–Trinajstić information content (AvgIpc) is 3.20. The van der Waals surface area contributed by atoms with Crippen molar-refractivity contribution < 1.29 is 0 Å². The molecule has 6 heteroatoms. The fourth-order valence-corrected chi connectivity index (χ4v) is 8.72. The monoisotopic (exact) mass is 540 g/mol. The average molecular weight is 542 g/mol. The summed E-state index contributed by atoms with van der Waals surface area (Å²) >= 11 is 14.7. The van der Waals surface area contributed by atoms with E-state index in [1.165, 1.54) is 39.2 Å². The Bertz CT molecular complexity index is 875. The fraction of sp³-hybridized carbons (Fsp3) is 0.100. The van der Waals surface area contributed by atoms with Crippen LogP contribution in [-0.4, -0.2) is 0 Å². The van der Waals surface area contributed by atoms with E-state index >= 15 is 0 Å². The third-order valence-corrected chi connectivity index (χ3v) is 10.8. The van der Waals surface area contributed by atoms with Crippen LogP contribution < -0.4 is 0 Å². The van der Waals surface area contributed by atoms with Crippen LogP contribution in [0.1, 0.15) is 25.0 Å². The molecule has 0 aromatic heterocycles.